The van der Waals surface area contributed by atoms with Gasteiger partial charge in [0.1, 0.15) is 53.7 Å². The van der Waals surface area contributed by atoms with Crippen LogP contribution in [0, 0.1) is 10.1 Å². The minimum absolute atomic E-state index is 0.0196. The van der Waals surface area contributed by atoms with Crippen LogP contribution >= 0.6 is 24.1 Å². The first-order chi connectivity index (χ1) is 37.0. The molecule has 0 bridgehead atoms. The van der Waals surface area contributed by atoms with Crippen LogP contribution in [-0.2, 0) is 59.2 Å². The number of azo groups is 4. The quantitative estimate of drug-likeness (QED) is 0.00645. The van der Waals surface area contributed by atoms with Crippen LogP contribution in [0.1, 0.15) is 10.4 Å². The average Bonchev–Trinajstić information content (AvgIpc) is 3.49. The zero-order chi connectivity index (χ0) is 57.9. The summed E-state index contributed by atoms with van der Waals surface area (Å²) in [4.78, 5) is 15.8. The van der Waals surface area contributed by atoms with Crippen molar-refractivity contribution in [3.8, 4) is 11.5 Å². The van der Waals surface area contributed by atoms with Crippen LogP contribution in [0.15, 0.2) is 161 Å². The lowest BCUT2D eigenvalue weighted by atomic mass is 10.0. The number of nitro benzene ring substituents is 1. The van der Waals surface area contributed by atoms with Gasteiger partial charge in [-0.2, -0.15) is 43.9 Å². The van der Waals surface area contributed by atoms with Crippen molar-refractivity contribution in [3.05, 3.63) is 107 Å². The van der Waals surface area contributed by atoms with E-state index in [9.17, 15) is 77.0 Å². The first-order valence-electron chi connectivity index (χ1n) is 20.1. The highest BCUT2D eigenvalue weighted by Gasteiger charge is 2.30. The van der Waals surface area contributed by atoms with E-state index in [1.165, 1.54) is 42.5 Å². The number of phenolic OH excluding ortho intramolecular Hbond substituents is 2. The minimum atomic E-state index is -5.65. The molecular weight excluding hydrogens is 1180 g/mol. The number of rotatable bonds is 20. The fourth-order valence-electron chi connectivity index (χ4n) is 6.82. The molecule has 34 nitrogen and oxygen atoms in total. The Morgan fingerprint density at radius 3 is 1.67 bits per heavy atom. The van der Waals surface area contributed by atoms with Crippen LogP contribution in [0.25, 0.3) is 21.5 Å². The lowest BCUT2D eigenvalue weighted by molar-refractivity contribution is -0.432. The molecule has 0 atom stereocenters. The SMILES string of the molecule is Nc1c(N=Nc2ccc3c(O)c(N=Nc4ccc(N=Nc5ccc(C(=O)O)cc5)cc4SOOO)c(S(=O)(=O)O)cc3c2S(=O)(=O)O)cc(S(=O)(=O)O)c2cc(SOOO)c(N=Nc3ccc([N+](=O)[O-])cc3S(=O)(=O)O)c(O)c12. The highest BCUT2D eigenvalue weighted by molar-refractivity contribution is 7.95. The Morgan fingerprint density at radius 2 is 1.08 bits per heavy atom. The molecule has 7 rings (SSSR count). The molecular formula is C39H26N10O24S6. The molecule has 0 spiro atoms. The molecule has 0 heterocycles. The van der Waals surface area contributed by atoms with Gasteiger partial charge in [0.15, 0.2) is 11.5 Å². The predicted octanol–water partition coefficient (Wildman–Crippen LogP) is 10.1. The highest BCUT2D eigenvalue weighted by atomic mass is 32.2. The van der Waals surface area contributed by atoms with Crippen molar-refractivity contribution in [3.63, 3.8) is 0 Å². The maximum absolute atomic E-state index is 13.1. The first kappa shape index (κ1) is 58.5. The largest absolute Gasteiger partial charge is 0.505 e. The lowest BCUT2D eigenvalue weighted by Gasteiger charge is -2.15. The van der Waals surface area contributed by atoms with Gasteiger partial charge in [0.2, 0.25) is 0 Å². The summed E-state index contributed by atoms with van der Waals surface area (Å²) in [7, 11) is -21.9. The van der Waals surface area contributed by atoms with E-state index in [1.54, 1.807) is 0 Å². The molecule has 0 fully saturated rings. The van der Waals surface area contributed by atoms with Gasteiger partial charge in [-0.05, 0) is 78.9 Å². The first-order valence-corrected chi connectivity index (χ1v) is 27.3. The van der Waals surface area contributed by atoms with E-state index in [2.05, 4.69) is 59.7 Å². The fourth-order valence-corrected chi connectivity index (χ4v) is 10.6. The fraction of sp³-hybridized carbons (Fsp3) is 0. The normalized spacial score (nSPS) is 12.8. The third-order valence-corrected chi connectivity index (χ3v) is 15.0. The summed E-state index contributed by atoms with van der Waals surface area (Å²) < 4.78 is 152. The molecule has 0 radical (unpaired) electrons. The van der Waals surface area contributed by atoms with Crippen LogP contribution in [-0.4, -0.2) is 88.6 Å². The summed E-state index contributed by atoms with van der Waals surface area (Å²) in [5.41, 5.74) is 0.268. The van der Waals surface area contributed by atoms with Gasteiger partial charge < -0.3 is 21.1 Å². The number of carboxylic acid groups (broad SMARTS) is 1. The van der Waals surface area contributed by atoms with E-state index in [1.807, 2.05) is 0 Å². The van der Waals surface area contributed by atoms with E-state index in [0.717, 1.165) is 24.3 Å². The topological polar surface area (TPSA) is 541 Å². The molecule has 0 aliphatic rings. The number of anilines is 1. The average molecular weight is 1210 g/mol. The molecule has 0 amide bonds. The Bertz CT molecular complexity index is 4280. The van der Waals surface area contributed by atoms with Gasteiger partial charge in [0.25, 0.3) is 46.2 Å². The van der Waals surface area contributed by atoms with Crippen molar-refractivity contribution in [2.45, 2.75) is 29.4 Å². The Hall–Kier alpha value is -8.17. The van der Waals surface area contributed by atoms with Crippen molar-refractivity contribution in [2.75, 3.05) is 5.73 Å². The summed E-state index contributed by atoms with van der Waals surface area (Å²) >= 11 is 0.276. The van der Waals surface area contributed by atoms with Crippen molar-refractivity contribution in [1.29, 1.82) is 0 Å². The molecule has 0 aliphatic carbocycles. The van der Waals surface area contributed by atoms with Crippen LogP contribution in [0.4, 0.5) is 56.9 Å². The maximum atomic E-state index is 13.1. The van der Waals surface area contributed by atoms with Crippen molar-refractivity contribution in [1.82, 2.24) is 0 Å². The van der Waals surface area contributed by atoms with E-state index in [-0.39, 0.29) is 39.6 Å². The number of carboxylic acids is 1. The number of nitrogens with zero attached hydrogens (tertiary/aromatic N) is 9. The summed E-state index contributed by atoms with van der Waals surface area (Å²) in [5, 5.41) is 95.7. The molecule has 40 heteroatoms. The van der Waals surface area contributed by atoms with Crippen molar-refractivity contribution < 1.29 is 106 Å². The zero-order valence-corrected chi connectivity index (χ0v) is 42.8. The number of fused-ring (bicyclic) bond motifs is 2. The number of aromatic carboxylic acids is 1. The molecule has 11 N–H and O–H groups in total. The molecule has 412 valence electrons. The van der Waals surface area contributed by atoms with Crippen LogP contribution in [0.2, 0.25) is 0 Å². The zero-order valence-electron chi connectivity index (χ0n) is 37.9. The number of aromatic hydroxyl groups is 2. The number of nitro groups is 1. The Balaban J connectivity index is 1.36. The standard InChI is InChI=1S/C39H26N10O24S6/c40-33-26(15-29(76(58,59)60)22-13-28(75-73-71-57)34(37(51)32(22)33)47-44-24-9-6-19(49(54)55)12-30(24)77(61,62)63)46-45-25-10-7-20-21(38(25)79(67,68)69)14-31(78(64,65)66)35(36(20)50)48-43-23-8-5-18(11-27(23)74-72-70-56)42-41-17-3-1-16(2-4-17)39(52)53/h1-15,50-51,56-57H,40H2,(H,52,53)(H,58,59,60)(H,61,62,63)(H,64,65,66)(H,67,68,69). The van der Waals surface area contributed by atoms with Crippen molar-refractivity contribution in [2.24, 2.45) is 40.9 Å². The number of hydrogen-bond acceptors (Lipinski definition) is 30. The Kier molecular flexibility index (Phi) is 17.1. The summed E-state index contributed by atoms with van der Waals surface area (Å²) in [6, 6.07) is 14.1. The van der Waals surface area contributed by atoms with Gasteiger partial charge in [0.05, 0.1) is 66.8 Å². The molecule has 0 aliphatic heterocycles. The molecule has 7 aromatic carbocycles. The van der Waals surface area contributed by atoms with Gasteiger partial charge >= 0.3 is 5.97 Å². The van der Waals surface area contributed by atoms with Gasteiger partial charge in [0, 0.05) is 28.3 Å². The second-order valence-corrected chi connectivity index (χ2v) is 22.0. The Morgan fingerprint density at radius 1 is 0.532 bits per heavy atom. The second kappa shape index (κ2) is 23.0. The van der Waals surface area contributed by atoms with Gasteiger partial charge in [-0.25, -0.2) is 15.3 Å². The van der Waals surface area contributed by atoms with Gasteiger partial charge in [-0.1, -0.05) is 10.1 Å². The minimum Gasteiger partial charge on any atom is -0.505 e. The molecule has 7 aromatic rings. The molecule has 0 saturated carbocycles. The van der Waals surface area contributed by atoms with Crippen LogP contribution in [0.3, 0.4) is 0 Å². The van der Waals surface area contributed by atoms with Crippen LogP contribution in [0.5, 0.6) is 11.5 Å². The van der Waals surface area contributed by atoms with E-state index >= 15 is 0 Å². The number of carbonyl (C=O) groups is 1. The molecule has 79 heavy (non-hydrogen) atoms. The smallest absolute Gasteiger partial charge is 0.335 e. The molecule has 0 saturated heterocycles. The van der Waals surface area contributed by atoms with Crippen LogP contribution < -0.4 is 5.73 Å². The van der Waals surface area contributed by atoms with E-state index in [0.29, 0.717) is 36.3 Å². The summed E-state index contributed by atoms with van der Waals surface area (Å²) in [6.45, 7) is 0. The van der Waals surface area contributed by atoms with Gasteiger partial charge in [-0.15, -0.1) is 39.4 Å². The number of nitrogen functional groups attached to an aromatic ring is 1. The molecule has 0 unspecified atom stereocenters. The third kappa shape index (κ3) is 13.1. The molecule has 0 aromatic heterocycles. The summed E-state index contributed by atoms with van der Waals surface area (Å²) in [6.07, 6.45) is 0. The number of non-ortho nitro benzene ring substituents is 1. The van der Waals surface area contributed by atoms with Gasteiger partial charge in [-0.3, -0.25) is 28.3 Å². The highest BCUT2D eigenvalue weighted by Crippen LogP contribution is 2.51. The lowest BCUT2D eigenvalue weighted by Crippen LogP contribution is -2.03. The van der Waals surface area contributed by atoms with E-state index < -0.39 is 149 Å². The third-order valence-electron chi connectivity index (χ3n) is 10.2. The maximum Gasteiger partial charge on any atom is 0.335 e. The predicted molar refractivity (Wildman–Crippen MR) is 266 cm³/mol. The second-order valence-electron chi connectivity index (χ2n) is 14.9. The number of hydrogen-bond donors (Lipinski definition) is 10. The summed E-state index contributed by atoms with van der Waals surface area (Å²) in [5.74, 6) is -3.61. The number of phenols is 2. The van der Waals surface area contributed by atoms with E-state index in [4.69, 9.17) is 21.4 Å². The Labute approximate surface area is 447 Å². The monoisotopic (exact) mass is 1210 g/mol. The number of benzene rings is 7. The van der Waals surface area contributed by atoms with Crippen molar-refractivity contribution >= 4 is 149 Å². The number of nitrogens with two attached hydrogens (primary N) is 1.